The monoisotopic (exact) mass is 256 g/mol. The molecule has 0 bridgehead atoms. The SMILES string of the molecule is CCC(O)CCC(C)CI. The number of hydrogen-bond acceptors (Lipinski definition) is 1. The number of halogens is 1. The van der Waals surface area contributed by atoms with Crippen LogP contribution in [0.3, 0.4) is 0 Å². The van der Waals surface area contributed by atoms with E-state index < -0.39 is 0 Å². The molecule has 0 aromatic rings. The number of aliphatic hydroxyl groups excluding tert-OH is 1. The molecule has 0 aliphatic carbocycles. The average molecular weight is 256 g/mol. The summed E-state index contributed by atoms with van der Waals surface area (Å²) < 4.78 is 1.20. The lowest BCUT2D eigenvalue weighted by Crippen LogP contribution is -2.07. The first kappa shape index (κ1) is 10.7. The van der Waals surface area contributed by atoms with Gasteiger partial charge in [-0.15, -0.1) is 0 Å². The zero-order valence-electron chi connectivity index (χ0n) is 6.81. The van der Waals surface area contributed by atoms with Gasteiger partial charge in [0, 0.05) is 4.43 Å². The van der Waals surface area contributed by atoms with Gasteiger partial charge in [0.15, 0.2) is 0 Å². The summed E-state index contributed by atoms with van der Waals surface area (Å²) in [6.07, 6.45) is 2.97. The van der Waals surface area contributed by atoms with E-state index in [2.05, 4.69) is 29.5 Å². The molecule has 1 nitrogen and oxygen atoms in total. The summed E-state index contributed by atoms with van der Waals surface area (Å²) in [6, 6.07) is 0. The Labute approximate surface area is 77.3 Å². The minimum Gasteiger partial charge on any atom is -0.393 e. The standard InChI is InChI=1S/C8H17IO/c1-3-8(10)5-4-7(2)6-9/h7-8,10H,3-6H2,1-2H3. The van der Waals surface area contributed by atoms with Crippen molar-refractivity contribution < 1.29 is 5.11 Å². The molecule has 0 aromatic carbocycles. The first-order valence-corrected chi connectivity index (χ1v) is 5.47. The fourth-order valence-electron chi connectivity index (χ4n) is 0.758. The van der Waals surface area contributed by atoms with E-state index in [9.17, 15) is 5.11 Å². The average Bonchev–Trinajstić information content (AvgIpc) is 1.99. The lowest BCUT2D eigenvalue weighted by Gasteiger charge is -2.10. The second-order valence-corrected chi connectivity index (χ2v) is 3.78. The number of hydrogen-bond donors (Lipinski definition) is 1. The molecule has 10 heavy (non-hydrogen) atoms. The Balaban J connectivity index is 3.17. The minimum absolute atomic E-state index is 0.0644. The fraction of sp³-hybridized carbons (Fsp3) is 1.00. The highest BCUT2D eigenvalue weighted by Gasteiger charge is 2.04. The van der Waals surface area contributed by atoms with Crippen LogP contribution in [0, 0.1) is 5.92 Å². The molecule has 0 aliphatic rings. The van der Waals surface area contributed by atoms with E-state index in [1.54, 1.807) is 0 Å². The Bertz CT molecular complexity index is 65.7. The third-order valence-electron chi connectivity index (χ3n) is 1.73. The Kier molecular flexibility index (Phi) is 6.85. The molecule has 0 aliphatic heterocycles. The molecule has 2 unspecified atom stereocenters. The summed E-state index contributed by atoms with van der Waals surface area (Å²) in [4.78, 5) is 0. The van der Waals surface area contributed by atoms with E-state index in [-0.39, 0.29) is 6.10 Å². The molecule has 1 N–H and O–H groups in total. The van der Waals surface area contributed by atoms with Crippen molar-refractivity contribution in [3.63, 3.8) is 0 Å². The van der Waals surface area contributed by atoms with E-state index in [4.69, 9.17) is 0 Å². The van der Waals surface area contributed by atoms with Gasteiger partial charge in [0.2, 0.25) is 0 Å². The van der Waals surface area contributed by atoms with Crippen molar-refractivity contribution in [2.45, 2.75) is 39.2 Å². The molecule has 0 heterocycles. The van der Waals surface area contributed by atoms with E-state index in [1.807, 2.05) is 6.92 Å². The Morgan fingerprint density at radius 3 is 2.40 bits per heavy atom. The van der Waals surface area contributed by atoms with Crippen molar-refractivity contribution in [2.75, 3.05) is 4.43 Å². The van der Waals surface area contributed by atoms with Crippen LogP contribution in [0.4, 0.5) is 0 Å². The minimum atomic E-state index is -0.0644. The molecule has 0 radical (unpaired) electrons. The lowest BCUT2D eigenvalue weighted by molar-refractivity contribution is 0.153. The van der Waals surface area contributed by atoms with Crippen LogP contribution >= 0.6 is 22.6 Å². The number of aliphatic hydroxyl groups is 1. The van der Waals surface area contributed by atoms with Crippen molar-refractivity contribution in [1.29, 1.82) is 0 Å². The van der Waals surface area contributed by atoms with Crippen molar-refractivity contribution in [2.24, 2.45) is 5.92 Å². The zero-order valence-corrected chi connectivity index (χ0v) is 8.97. The van der Waals surface area contributed by atoms with E-state index in [0.29, 0.717) is 0 Å². The maximum absolute atomic E-state index is 9.20. The van der Waals surface area contributed by atoms with Crippen molar-refractivity contribution >= 4 is 22.6 Å². The normalized spacial score (nSPS) is 16.8. The molecular weight excluding hydrogens is 239 g/mol. The van der Waals surface area contributed by atoms with Crippen LogP contribution in [-0.4, -0.2) is 15.6 Å². The van der Waals surface area contributed by atoms with Crippen molar-refractivity contribution in [1.82, 2.24) is 0 Å². The molecule has 0 rings (SSSR count). The van der Waals surface area contributed by atoms with Gasteiger partial charge in [0.25, 0.3) is 0 Å². The van der Waals surface area contributed by atoms with Crippen molar-refractivity contribution in [3.05, 3.63) is 0 Å². The predicted octanol–water partition coefficient (Wildman–Crippen LogP) is 2.61. The second-order valence-electron chi connectivity index (χ2n) is 2.90. The molecular formula is C8H17IO. The molecule has 0 saturated carbocycles. The van der Waals surface area contributed by atoms with Crippen LogP contribution in [0.25, 0.3) is 0 Å². The van der Waals surface area contributed by atoms with Crippen LogP contribution in [-0.2, 0) is 0 Å². The summed E-state index contributed by atoms with van der Waals surface area (Å²) in [5, 5.41) is 9.20. The van der Waals surface area contributed by atoms with Gasteiger partial charge in [-0.05, 0) is 25.2 Å². The quantitative estimate of drug-likeness (QED) is 0.592. The van der Waals surface area contributed by atoms with Gasteiger partial charge in [-0.3, -0.25) is 0 Å². The van der Waals surface area contributed by atoms with E-state index in [0.717, 1.165) is 25.2 Å². The first-order valence-electron chi connectivity index (χ1n) is 3.94. The molecule has 2 atom stereocenters. The lowest BCUT2D eigenvalue weighted by atomic mass is 10.0. The fourth-order valence-corrected chi connectivity index (χ4v) is 1.20. The van der Waals surface area contributed by atoms with Gasteiger partial charge < -0.3 is 5.11 Å². The van der Waals surface area contributed by atoms with Crippen LogP contribution in [0.2, 0.25) is 0 Å². The topological polar surface area (TPSA) is 20.2 Å². The number of alkyl halides is 1. The smallest absolute Gasteiger partial charge is 0.0537 e. The van der Waals surface area contributed by atoms with E-state index >= 15 is 0 Å². The molecule has 0 saturated heterocycles. The Morgan fingerprint density at radius 1 is 1.40 bits per heavy atom. The second kappa shape index (κ2) is 6.40. The molecule has 62 valence electrons. The predicted molar refractivity (Wildman–Crippen MR) is 53.6 cm³/mol. The van der Waals surface area contributed by atoms with Gasteiger partial charge >= 0.3 is 0 Å². The van der Waals surface area contributed by atoms with Gasteiger partial charge in [0.05, 0.1) is 6.10 Å². The van der Waals surface area contributed by atoms with Crippen molar-refractivity contribution in [3.8, 4) is 0 Å². The van der Waals surface area contributed by atoms with E-state index in [1.165, 1.54) is 4.43 Å². The molecule has 0 fully saturated rings. The number of rotatable bonds is 5. The van der Waals surface area contributed by atoms with Crippen LogP contribution in [0.5, 0.6) is 0 Å². The highest BCUT2D eigenvalue weighted by molar-refractivity contribution is 14.1. The summed E-state index contributed by atoms with van der Waals surface area (Å²) in [7, 11) is 0. The van der Waals surface area contributed by atoms with Crippen LogP contribution in [0.15, 0.2) is 0 Å². The van der Waals surface area contributed by atoms with Gasteiger partial charge in [-0.25, -0.2) is 0 Å². The van der Waals surface area contributed by atoms with Gasteiger partial charge in [-0.2, -0.15) is 0 Å². The first-order chi connectivity index (χ1) is 4.70. The zero-order chi connectivity index (χ0) is 7.98. The van der Waals surface area contributed by atoms with Gasteiger partial charge in [0.1, 0.15) is 0 Å². The van der Waals surface area contributed by atoms with Gasteiger partial charge in [-0.1, -0.05) is 36.4 Å². The van der Waals surface area contributed by atoms with Crippen LogP contribution in [0.1, 0.15) is 33.1 Å². The molecule has 2 heteroatoms. The largest absolute Gasteiger partial charge is 0.393 e. The molecule has 0 aromatic heterocycles. The maximum Gasteiger partial charge on any atom is 0.0537 e. The summed E-state index contributed by atoms with van der Waals surface area (Å²) >= 11 is 2.39. The molecule has 0 spiro atoms. The Hall–Kier alpha value is 0.690. The third kappa shape index (κ3) is 5.47. The summed E-state index contributed by atoms with van der Waals surface area (Å²) in [5.74, 6) is 0.766. The summed E-state index contributed by atoms with van der Waals surface area (Å²) in [6.45, 7) is 4.26. The Morgan fingerprint density at radius 2 is 2.00 bits per heavy atom. The highest BCUT2D eigenvalue weighted by atomic mass is 127. The summed E-state index contributed by atoms with van der Waals surface area (Å²) in [5.41, 5.74) is 0. The van der Waals surface area contributed by atoms with Crippen LogP contribution < -0.4 is 0 Å². The third-order valence-corrected chi connectivity index (χ3v) is 3.23. The highest BCUT2D eigenvalue weighted by Crippen LogP contribution is 2.11. The molecule has 0 amide bonds. The maximum atomic E-state index is 9.20.